The van der Waals surface area contributed by atoms with Gasteiger partial charge in [0.05, 0.1) is 12.8 Å². The lowest BCUT2D eigenvalue weighted by atomic mass is 10.3. The molecule has 5 heteroatoms. The molecule has 0 saturated heterocycles. The van der Waals surface area contributed by atoms with Crippen LogP contribution < -0.4 is 10.5 Å². The highest BCUT2D eigenvalue weighted by Crippen LogP contribution is 2.16. The van der Waals surface area contributed by atoms with E-state index in [1.807, 2.05) is 6.92 Å². The first-order valence-electron chi connectivity index (χ1n) is 4.53. The molecule has 0 aliphatic heterocycles. The Hall–Kier alpha value is -1.62. The van der Waals surface area contributed by atoms with Crippen LogP contribution in [0.15, 0.2) is 12.1 Å². The van der Waals surface area contributed by atoms with E-state index in [1.165, 1.54) is 7.11 Å². The van der Waals surface area contributed by atoms with E-state index in [0.717, 1.165) is 5.69 Å². The molecule has 15 heavy (non-hydrogen) atoms. The molecule has 0 atom stereocenters. The largest absolute Gasteiger partial charge is 0.480 e. The fourth-order valence-electron chi connectivity index (χ4n) is 1.07. The topological polar surface area (TPSA) is 74.4 Å². The number of esters is 1. The minimum absolute atomic E-state index is 0.131. The third-order valence-electron chi connectivity index (χ3n) is 1.84. The van der Waals surface area contributed by atoms with Crippen LogP contribution in [0, 0.1) is 6.92 Å². The third-order valence-corrected chi connectivity index (χ3v) is 1.84. The SMILES string of the molecule is COC(=O)COc1ccc(C)nc1CN. The minimum atomic E-state index is -0.432. The van der Waals surface area contributed by atoms with Gasteiger partial charge in [0.25, 0.3) is 0 Å². The first-order valence-corrected chi connectivity index (χ1v) is 4.53. The zero-order valence-corrected chi connectivity index (χ0v) is 8.82. The zero-order chi connectivity index (χ0) is 11.3. The number of pyridine rings is 1. The molecule has 0 spiro atoms. The second-order valence-corrected chi connectivity index (χ2v) is 2.97. The van der Waals surface area contributed by atoms with E-state index < -0.39 is 5.97 Å². The van der Waals surface area contributed by atoms with Gasteiger partial charge >= 0.3 is 5.97 Å². The molecule has 0 radical (unpaired) electrons. The maximum Gasteiger partial charge on any atom is 0.343 e. The third kappa shape index (κ3) is 3.21. The molecule has 0 saturated carbocycles. The molecule has 0 fully saturated rings. The van der Waals surface area contributed by atoms with E-state index in [2.05, 4.69) is 9.72 Å². The molecule has 82 valence electrons. The Labute approximate surface area is 88.2 Å². The predicted molar refractivity (Wildman–Crippen MR) is 54.4 cm³/mol. The number of nitrogens with two attached hydrogens (primary N) is 1. The molecule has 0 aliphatic carbocycles. The summed E-state index contributed by atoms with van der Waals surface area (Å²) in [7, 11) is 1.31. The summed E-state index contributed by atoms with van der Waals surface area (Å²) in [4.78, 5) is 15.0. The fraction of sp³-hybridized carbons (Fsp3) is 0.400. The number of nitrogens with zero attached hydrogens (tertiary/aromatic N) is 1. The smallest absolute Gasteiger partial charge is 0.343 e. The van der Waals surface area contributed by atoms with E-state index in [0.29, 0.717) is 11.4 Å². The van der Waals surface area contributed by atoms with Gasteiger partial charge in [0, 0.05) is 12.2 Å². The number of methoxy groups -OCH3 is 1. The van der Waals surface area contributed by atoms with Crippen molar-refractivity contribution in [3.8, 4) is 5.75 Å². The molecule has 1 aromatic rings. The van der Waals surface area contributed by atoms with Crippen molar-refractivity contribution in [2.75, 3.05) is 13.7 Å². The summed E-state index contributed by atoms with van der Waals surface area (Å²) < 4.78 is 9.67. The molecule has 5 nitrogen and oxygen atoms in total. The summed E-state index contributed by atoms with van der Waals surface area (Å²) in [6.07, 6.45) is 0. The van der Waals surface area contributed by atoms with Crippen LogP contribution in [0.25, 0.3) is 0 Å². The van der Waals surface area contributed by atoms with Gasteiger partial charge in [-0.3, -0.25) is 4.98 Å². The lowest BCUT2D eigenvalue weighted by Crippen LogP contribution is -2.14. The summed E-state index contributed by atoms with van der Waals surface area (Å²) in [5, 5.41) is 0. The van der Waals surface area contributed by atoms with Gasteiger partial charge in [-0.15, -0.1) is 0 Å². The summed E-state index contributed by atoms with van der Waals surface area (Å²) in [5.74, 6) is 0.0899. The van der Waals surface area contributed by atoms with Crippen molar-refractivity contribution in [1.82, 2.24) is 4.98 Å². The molecule has 1 heterocycles. The molecule has 0 amide bonds. The highest BCUT2D eigenvalue weighted by atomic mass is 16.6. The Morgan fingerprint density at radius 3 is 2.87 bits per heavy atom. The molecule has 1 rings (SSSR count). The lowest BCUT2D eigenvalue weighted by molar-refractivity contribution is -0.142. The Kier molecular flexibility index (Phi) is 4.05. The fourth-order valence-corrected chi connectivity index (χ4v) is 1.07. The minimum Gasteiger partial charge on any atom is -0.480 e. The van der Waals surface area contributed by atoms with Crippen LogP contribution in [0.2, 0.25) is 0 Å². The van der Waals surface area contributed by atoms with Gasteiger partial charge in [0.2, 0.25) is 0 Å². The lowest BCUT2D eigenvalue weighted by Gasteiger charge is -2.08. The average Bonchev–Trinajstić information content (AvgIpc) is 2.26. The number of hydrogen-bond donors (Lipinski definition) is 1. The van der Waals surface area contributed by atoms with E-state index in [4.69, 9.17) is 10.5 Å². The molecule has 0 aromatic carbocycles. The Morgan fingerprint density at radius 2 is 2.27 bits per heavy atom. The van der Waals surface area contributed by atoms with E-state index in [9.17, 15) is 4.79 Å². The first kappa shape index (κ1) is 11.5. The van der Waals surface area contributed by atoms with Gasteiger partial charge in [-0.1, -0.05) is 0 Å². The van der Waals surface area contributed by atoms with Gasteiger partial charge in [-0.25, -0.2) is 4.79 Å². The van der Waals surface area contributed by atoms with E-state index >= 15 is 0 Å². The van der Waals surface area contributed by atoms with Crippen molar-refractivity contribution in [3.63, 3.8) is 0 Å². The number of rotatable bonds is 4. The molecule has 1 aromatic heterocycles. The molecular formula is C10H14N2O3. The van der Waals surface area contributed by atoms with Crippen molar-refractivity contribution in [2.45, 2.75) is 13.5 Å². The van der Waals surface area contributed by atoms with Gasteiger partial charge < -0.3 is 15.2 Å². The maximum atomic E-state index is 10.9. The number of aryl methyl sites for hydroxylation is 1. The number of carbonyl (C=O) groups excluding carboxylic acids is 1. The second-order valence-electron chi connectivity index (χ2n) is 2.97. The zero-order valence-electron chi connectivity index (χ0n) is 8.82. The monoisotopic (exact) mass is 210 g/mol. The Balaban J connectivity index is 2.72. The molecule has 0 unspecified atom stereocenters. The van der Waals surface area contributed by atoms with E-state index in [1.54, 1.807) is 12.1 Å². The summed E-state index contributed by atoms with van der Waals surface area (Å²) >= 11 is 0. The number of ether oxygens (including phenoxy) is 2. The highest BCUT2D eigenvalue weighted by molar-refractivity contribution is 5.70. The molecule has 0 bridgehead atoms. The van der Waals surface area contributed by atoms with Gasteiger partial charge in [-0.05, 0) is 19.1 Å². The van der Waals surface area contributed by atoms with Crippen LogP contribution in [0.5, 0.6) is 5.75 Å². The van der Waals surface area contributed by atoms with Crippen molar-refractivity contribution >= 4 is 5.97 Å². The van der Waals surface area contributed by atoms with Crippen LogP contribution >= 0.6 is 0 Å². The predicted octanol–water partition coefficient (Wildman–Crippen LogP) is 0.401. The summed E-state index contributed by atoms with van der Waals surface area (Å²) in [5.41, 5.74) is 7.00. The highest BCUT2D eigenvalue weighted by Gasteiger charge is 2.07. The van der Waals surface area contributed by atoms with Crippen LogP contribution in [-0.4, -0.2) is 24.7 Å². The number of carbonyl (C=O) groups is 1. The van der Waals surface area contributed by atoms with Crippen molar-refractivity contribution in [2.24, 2.45) is 5.73 Å². The quantitative estimate of drug-likeness (QED) is 0.728. The number of hydrogen-bond acceptors (Lipinski definition) is 5. The first-order chi connectivity index (χ1) is 7.17. The molecular weight excluding hydrogens is 196 g/mol. The van der Waals surface area contributed by atoms with E-state index in [-0.39, 0.29) is 13.2 Å². The Bertz CT molecular complexity index is 353. The normalized spacial score (nSPS) is 9.80. The average molecular weight is 210 g/mol. The Morgan fingerprint density at radius 1 is 1.53 bits per heavy atom. The molecule has 0 aliphatic rings. The molecule has 2 N–H and O–H groups in total. The van der Waals surface area contributed by atoms with Gasteiger partial charge in [-0.2, -0.15) is 0 Å². The second kappa shape index (κ2) is 5.31. The van der Waals surface area contributed by atoms with Crippen LogP contribution in [0.1, 0.15) is 11.4 Å². The number of aromatic nitrogens is 1. The maximum absolute atomic E-state index is 10.9. The van der Waals surface area contributed by atoms with Gasteiger partial charge in [0.1, 0.15) is 5.75 Å². The van der Waals surface area contributed by atoms with Crippen LogP contribution in [-0.2, 0) is 16.1 Å². The van der Waals surface area contributed by atoms with Crippen molar-refractivity contribution in [3.05, 3.63) is 23.5 Å². The standard InChI is InChI=1S/C10H14N2O3/c1-7-3-4-9(8(5-11)12-7)15-6-10(13)14-2/h3-4H,5-6,11H2,1-2H3. The summed E-state index contributed by atoms with van der Waals surface area (Å²) in [6.45, 7) is 2.01. The van der Waals surface area contributed by atoms with Gasteiger partial charge in [0.15, 0.2) is 6.61 Å². The van der Waals surface area contributed by atoms with Crippen molar-refractivity contribution < 1.29 is 14.3 Å². The van der Waals surface area contributed by atoms with Crippen LogP contribution in [0.4, 0.5) is 0 Å². The van der Waals surface area contributed by atoms with Crippen LogP contribution in [0.3, 0.4) is 0 Å². The van der Waals surface area contributed by atoms with Crippen molar-refractivity contribution in [1.29, 1.82) is 0 Å². The summed E-state index contributed by atoms with van der Waals surface area (Å²) in [6, 6.07) is 3.54.